The minimum absolute atomic E-state index is 0.132. The van der Waals surface area contributed by atoms with Gasteiger partial charge in [-0.3, -0.25) is 0 Å². The lowest BCUT2D eigenvalue weighted by Crippen LogP contribution is -2.27. The molecule has 1 aliphatic heterocycles. The highest BCUT2D eigenvalue weighted by Gasteiger charge is 2.44. The maximum atomic E-state index is 13.5. The van der Waals surface area contributed by atoms with Gasteiger partial charge in [0.25, 0.3) is 0 Å². The van der Waals surface area contributed by atoms with Crippen LogP contribution < -0.4 is 0 Å². The molecule has 20 heavy (non-hydrogen) atoms. The first-order chi connectivity index (χ1) is 9.40. The highest BCUT2D eigenvalue weighted by molar-refractivity contribution is 8.00. The summed E-state index contributed by atoms with van der Waals surface area (Å²) in [6.45, 7) is 4.01. The molecule has 0 amide bonds. The molecule has 2 heterocycles. The van der Waals surface area contributed by atoms with E-state index in [1.807, 2.05) is 19.9 Å². The van der Waals surface area contributed by atoms with E-state index in [-0.39, 0.29) is 22.3 Å². The molecule has 6 heteroatoms. The van der Waals surface area contributed by atoms with Gasteiger partial charge in [-0.2, -0.15) is 0 Å². The summed E-state index contributed by atoms with van der Waals surface area (Å²) in [4.78, 5) is 15.5. The van der Waals surface area contributed by atoms with E-state index in [4.69, 9.17) is 0 Å². The van der Waals surface area contributed by atoms with E-state index in [0.717, 1.165) is 5.56 Å². The molecule has 0 saturated heterocycles. The number of hydrogen-bond donors (Lipinski definition) is 1. The first kappa shape index (κ1) is 13.2. The van der Waals surface area contributed by atoms with Gasteiger partial charge in [-0.05, 0) is 31.5 Å². The Hall–Kier alpha value is -1.82. The Morgan fingerprint density at radius 2 is 2.25 bits per heavy atom. The number of aromatic nitrogens is 2. The van der Waals surface area contributed by atoms with Crippen LogP contribution in [0.15, 0.2) is 35.6 Å². The highest BCUT2D eigenvalue weighted by Crippen LogP contribution is 2.51. The van der Waals surface area contributed by atoms with E-state index in [1.165, 1.54) is 30.1 Å². The Morgan fingerprint density at radius 3 is 2.90 bits per heavy atom. The maximum Gasteiger partial charge on any atom is 0.354 e. The lowest BCUT2D eigenvalue weighted by atomic mass is 9.94. The highest BCUT2D eigenvalue weighted by atomic mass is 32.2. The third-order valence-electron chi connectivity index (χ3n) is 3.42. The SMILES string of the molecule is CC1(C)Sc2ncc(C(=O)O)n2C1c1cccc(F)c1. The molecule has 1 aliphatic rings. The van der Waals surface area contributed by atoms with E-state index in [2.05, 4.69) is 4.98 Å². The number of nitrogens with zero attached hydrogens (tertiary/aromatic N) is 2. The van der Waals surface area contributed by atoms with Gasteiger partial charge >= 0.3 is 5.97 Å². The van der Waals surface area contributed by atoms with Crippen LogP contribution in [-0.2, 0) is 0 Å². The Kier molecular flexibility index (Phi) is 2.86. The van der Waals surface area contributed by atoms with E-state index < -0.39 is 5.97 Å². The van der Waals surface area contributed by atoms with Crippen LogP contribution >= 0.6 is 11.8 Å². The van der Waals surface area contributed by atoms with Crippen molar-refractivity contribution in [3.05, 3.63) is 47.5 Å². The topological polar surface area (TPSA) is 55.1 Å². The Morgan fingerprint density at radius 1 is 1.50 bits per heavy atom. The molecule has 0 bridgehead atoms. The number of thioether (sulfide) groups is 1. The lowest BCUT2D eigenvalue weighted by Gasteiger charge is -2.27. The van der Waals surface area contributed by atoms with E-state index in [9.17, 15) is 14.3 Å². The van der Waals surface area contributed by atoms with Crippen LogP contribution in [0.4, 0.5) is 4.39 Å². The monoisotopic (exact) mass is 292 g/mol. The number of carboxylic acid groups (broad SMARTS) is 1. The van der Waals surface area contributed by atoms with Crippen molar-refractivity contribution < 1.29 is 14.3 Å². The summed E-state index contributed by atoms with van der Waals surface area (Å²) in [5.41, 5.74) is 0.883. The zero-order chi connectivity index (χ0) is 14.5. The number of halogens is 1. The number of aromatic carboxylic acids is 1. The maximum absolute atomic E-state index is 13.5. The third-order valence-corrected chi connectivity index (χ3v) is 4.65. The molecule has 0 spiro atoms. The van der Waals surface area contributed by atoms with Gasteiger partial charge in [0.15, 0.2) is 5.16 Å². The summed E-state index contributed by atoms with van der Waals surface area (Å²) in [6, 6.07) is 6.03. The Labute approximate surface area is 119 Å². The van der Waals surface area contributed by atoms with Crippen molar-refractivity contribution >= 4 is 17.7 Å². The van der Waals surface area contributed by atoms with Crippen molar-refractivity contribution in [2.24, 2.45) is 0 Å². The summed E-state index contributed by atoms with van der Waals surface area (Å²) >= 11 is 1.51. The molecule has 1 aromatic carbocycles. The number of fused-ring (bicyclic) bond motifs is 1. The molecule has 104 valence electrons. The number of hydrogen-bond acceptors (Lipinski definition) is 3. The molecule has 1 unspecified atom stereocenters. The predicted octanol–water partition coefficient (Wildman–Crippen LogP) is 3.19. The molecule has 0 saturated carbocycles. The van der Waals surface area contributed by atoms with Gasteiger partial charge in [0.05, 0.1) is 12.2 Å². The lowest BCUT2D eigenvalue weighted by molar-refractivity contribution is 0.0682. The van der Waals surface area contributed by atoms with Crippen molar-refractivity contribution in [3.8, 4) is 0 Å². The molecular formula is C14H13FN2O2S. The minimum atomic E-state index is -1.02. The first-order valence-corrected chi connectivity index (χ1v) is 6.97. The molecule has 0 fully saturated rings. The number of rotatable bonds is 2. The minimum Gasteiger partial charge on any atom is -0.477 e. The molecule has 1 N–H and O–H groups in total. The summed E-state index contributed by atoms with van der Waals surface area (Å²) in [5, 5.41) is 9.94. The van der Waals surface area contributed by atoms with Crippen LogP contribution in [0.2, 0.25) is 0 Å². The van der Waals surface area contributed by atoms with Crippen LogP contribution in [0.5, 0.6) is 0 Å². The zero-order valence-corrected chi connectivity index (χ0v) is 11.8. The average Bonchev–Trinajstić information content (AvgIpc) is 2.82. The first-order valence-electron chi connectivity index (χ1n) is 6.15. The van der Waals surface area contributed by atoms with Gasteiger partial charge in [0, 0.05) is 4.75 Å². The number of benzene rings is 1. The van der Waals surface area contributed by atoms with Gasteiger partial charge in [-0.1, -0.05) is 23.9 Å². The molecule has 1 aromatic heterocycles. The van der Waals surface area contributed by atoms with Gasteiger partial charge in [-0.15, -0.1) is 0 Å². The summed E-state index contributed by atoms with van der Waals surface area (Å²) in [6.07, 6.45) is 1.35. The van der Waals surface area contributed by atoms with Gasteiger partial charge in [0.2, 0.25) is 0 Å². The molecule has 2 aromatic rings. The molecule has 0 radical (unpaired) electrons. The fourth-order valence-corrected chi connectivity index (χ4v) is 3.89. The van der Waals surface area contributed by atoms with E-state index in [0.29, 0.717) is 5.16 Å². The van der Waals surface area contributed by atoms with Crippen LogP contribution in [0.1, 0.15) is 35.9 Å². The average molecular weight is 292 g/mol. The second-order valence-electron chi connectivity index (χ2n) is 5.26. The zero-order valence-electron chi connectivity index (χ0n) is 11.0. The van der Waals surface area contributed by atoms with E-state index >= 15 is 0 Å². The van der Waals surface area contributed by atoms with Crippen molar-refractivity contribution in [2.75, 3.05) is 0 Å². The summed E-state index contributed by atoms with van der Waals surface area (Å²) in [5.74, 6) is -1.35. The largest absolute Gasteiger partial charge is 0.477 e. The van der Waals surface area contributed by atoms with E-state index in [1.54, 1.807) is 10.6 Å². The van der Waals surface area contributed by atoms with Crippen molar-refractivity contribution in [1.82, 2.24) is 9.55 Å². The normalized spacial score (nSPS) is 19.9. The van der Waals surface area contributed by atoms with Gasteiger partial charge in [0.1, 0.15) is 11.5 Å². The van der Waals surface area contributed by atoms with Crippen LogP contribution in [-0.4, -0.2) is 25.4 Å². The molecule has 0 aliphatic carbocycles. The molecular weight excluding hydrogens is 279 g/mol. The number of carbonyl (C=O) groups is 1. The Bertz CT molecular complexity index is 696. The van der Waals surface area contributed by atoms with Crippen LogP contribution in [0, 0.1) is 5.82 Å². The summed E-state index contributed by atoms with van der Waals surface area (Å²) < 4.78 is 14.9. The van der Waals surface area contributed by atoms with Crippen molar-refractivity contribution in [2.45, 2.75) is 29.8 Å². The standard InChI is InChI=1S/C14H13FN2O2S/c1-14(2)11(8-4-3-5-9(15)6-8)17-10(12(18)19)7-16-13(17)20-14/h3-7,11H,1-2H3,(H,18,19). The number of carboxylic acids is 1. The van der Waals surface area contributed by atoms with Crippen molar-refractivity contribution in [1.29, 1.82) is 0 Å². The van der Waals surface area contributed by atoms with Gasteiger partial charge < -0.3 is 9.67 Å². The van der Waals surface area contributed by atoms with Crippen molar-refractivity contribution in [3.63, 3.8) is 0 Å². The summed E-state index contributed by atoms with van der Waals surface area (Å²) in [7, 11) is 0. The van der Waals surface area contributed by atoms with Crippen LogP contribution in [0.25, 0.3) is 0 Å². The third kappa shape index (κ3) is 1.91. The smallest absolute Gasteiger partial charge is 0.354 e. The Balaban J connectivity index is 2.20. The van der Waals surface area contributed by atoms with Crippen LogP contribution in [0.3, 0.4) is 0 Å². The molecule has 4 nitrogen and oxygen atoms in total. The molecule has 3 rings (SSSR count). The van der Waals surface area contributed by atoms with Gasteiger partial charge in [-0.25, -0.2) is 14.2 Å². The fourth-order valence-electron chi connectivity index (χ4n) is 2.66. The predicted molar refractivity (Wildman–Crippen MR) is 73.7 cm³/mol. The quantitative estimate of drug-likeness (QED) is 0.923. The second kappa shape index (κ2) is 4.34. The fraction of sp³-hybridized carbons (Fsp3) is 0.286. The molecule has 1 atom stereocenters. The number of imidazole rings is 1. The second-order valence-corrected chi connectivity index (χ2v) is 6.89.